The van der Waals surface area contributed by atoms with Crippen LogP contribution in [0.3, 0.4) is 0 Å². The Labute approximate surface area is 122 Å². The fraction of sp³-hybridized carbons (Fsp3) is 0.429. The van der Waals surface area contributed by atoms with Gasteiger partial charge in [0, 0.05) is 17.7 Å². The number of nitrogens with zero attached hydrogens (tertiary/aromatic N) is 1. The lowest BCUT2D eigenvalue weighted by molar-refractivity contribution is -0.385. The van der Waals surface area contributed by atoms with Crippen molar-refractivity contribution in [3.63, 3.8) is 0 Å². The molecule has 1 rings (SSSR count). The van der Waals surface area contributed by atoms with Crippen LogP contribution < -0.4 is 10.1 Å². The van der Waals surface area contributed by atoms with Crippen molar-refractivity contribution in [2.45, 2.75) is 26.8 Å². The molecule has 1 atom stereocenters. The zero-order valence-electron chi connectivity index (χ0n) is 12.2. The smallest absolute Gasteiger partial charge is 0.311 e. The van der Waals surface area contributed by atoms with Crippen LogP contribution in [0.4, 0.5) is 5.69 Å². The summed E-state index contributed by atoms with van der Waals surface area (Å²) in [5.74, 6) is -0.127. The van der Waals surface area contributed by atoms with Gasteiger partial charge in [0.15, 0.2) is 12.4 Å². The van der Waals surface area contributed by atoms with E-state index in [1.54, 1.807) is 0 Å². The monoisotopic (exact) mass is 294 g/mol. The molecule has 1 aromatic carbocycles. The molecule has 1 amide bonds. The minimum atomic E-state index is -0.656. The molecule has 7 nitrogen and oxygen atoms in total. The summed E-state index contributed by atoms with van der Waals surface area (Å²) in [6, 6.07) is 3.79. The van der Waals surface area contributed by atoms with Crippen molar-refractivity contribution in [2.24, 2.45) is 5.92 Å². The molecule has 21 heavy (non-hydrogen) atoms. The summed E-state index contributed by atoms with van der Waals surface area (Å²) < 4.78 is 5.17. The summed E-state index contributed by atoms with van der Waals surface area (Å²) in [6.45, 7) is 5.48. The number of carbonyl (C=O) groups excluding carboxylic acids is 2. The van der Waals surface area contributed by atoms with Crippen LogP contribution in [0, 0.1) is 16.0 Å². The molecule has 0 spiro atoms. The van der Waals surface area contributed by atoms with Crippen molar-refractivity contribution in [1.29, 1.82) is 0 Å². The lowest BCUT2D eigenvalue weighted by Crippen LogP contribution is -2.39. The van der Waals surface area contributed by atoms with Crippen molar-refractivity contribution in [3.8, 4) is 5.75 Å². The van der Waals surface area contributed by atoms with Gasteiger partial charge in [0.1, 0.15) is 6.29 Å². The average molecular weight is 294 g/mol. The molecule has 0 saturated heterocycles. The Morgan fingerprint density at radius 2 is 2.10 bits per heavy atom. The first-order valence-corrected chi connectivity index (χ1v) is 6.51. The number of nitrogens with one attached hydrogen (secondary N) is 1. The molecular weight excluding hydrogens is 276 g/mol. The van der Waals surface area contributed by atoms with Crippen LogP contribution in [-0.2, 0) is 4.79 Å². The second kappa shape index (κ2) is 7.37. The van der Waals surface area contributed by atoms with Gasteiger partial charge >= 0.3 is 5.69 Å². The number of ether oxygens (including phenoxy) is 1. The van der Waals surface area contributed by atoms with Gasteiger partial charge in [0.25, 0.3) is 5.91 Å². The molecule has 1 N–H and O–H groups in total. The van der Waals surface area contributed by atoms with Crippen molar-refractivity contribution in [2.75, 3.05) is 6.61 Å². The van der Waals surface area contributed by atoms with E-state index >= 15 is 0 Å². The SMILES string of the molecule is CC(C)C(C)NC(=O)COc1ccc(C=O)cc1[N+](=O)[O-]. The van der Waals surface area contributed by atoms with Gasteiger partial charge in [0.05, 0.1) is 4.92 Å². The third-order valence-corrected chi connectivity index (χ3v) is 3.06. The van der Waals surface area contributed by atoms with Gasteiger partial charge in [-0.05, 0) is 25.0 Å². The topological polar surface area (TPSA) is 98.5 Å². The highest BCUT2D eigenvalue weighted by Crippen LogP contribution is 2.27. The largest absolute Gasteiger partial charge is 0.477 e. The molecule has 0 radical (unpaired) electrons. The first-order chi connectivity index (χ1) is 9.85. The summed E-state index contributed by atoms with van der Waals surface area (Å²) in [6.07, 6.45) is 0.508. The maximum absolute atomic E-state index is 11.7. The van der Waals surface area contributed by atoms with E-state index in [1.165, 1.54) is 12.1 Å². The van der Waals surface area contributed by atoms with Crippen LogP contribution >= 0.6 is 0 Å². The van der Waals surface area contributed by atoms with Crippen molar-refractivity contribution in [3.05, 3.63) is 33.9 Å². The molecule has 114 valence electrons. The van der Waals surface area contributed by atoms with Gasteiger partial charge in [-0.2, -0.15) is 0 Å². The Morgan fingerprint density at radius 1 is 1.43 bits per heavy atom. The zero-order valence-corrected chi connectivity index (χ0v) is 12.2. The highest BCUT2D eigenvalue weighted by atomic mass is 16.6. The molecule has 0 aromatic heterocycles. The highest BCUT2D eigenvalue weighted by Gasteiger charge is 2.18. The number of nitro groups is 1. The summed E-state index contributed by atoms with van der Waals surface area (Å²) in [5.41, 5.74) is -0.170. The quantitative estimate of drug-likeness (QED) is 0.471. The Morgan fingerprint density at radius 3 is 2.62 bits per heavy atom. The van der Waals surface area contributed by atoms with Gasteiger partial charge in [-0.3, -0.25) is 19.7 Å². The minimum absolute atomic E-state index is 0.0199. The second-order valence-corrected chi connectivity index (χ2v) is 4.99. The molecule has 0 aliphatic carbocycles. The van der Waals surface area contributed by atoms with E-state index < -0.39 is 4.92 Å². The average Bonchev–Trinajstić information content (AvgIpc) is 2.44. The van der Waals surface area contributed by atoms with Gasteiger partial charge in [-0.25, -0.2) is 0 Å². The summed E-state index contributed by atoms with van der Waals surface area (Å²) in [5, 5.41) is 13.6. The van der Waals surface area contributed by atoms with E-state index in [0.717, 1.165) is 6.07 Å². The lowest BCUT2D eigenvalue weighted by atomic mass is 10.1. The predicted octanol–water partition coefficient (Wildman–Crippen LogP) is 1.95. The van der Waals surface area contributed by atoms with Crippen LogP contribution in [0.1, 0.15) is 31.1 Å². The van der Waals surface area contributed by atoms with Crippen molar-refractivity contribution in [1.82, 2.24) is 5.32 Å². The van der Waals surface area contributed by atoms with E-state index in [4.69, 9.17) is 4.74 Å². The summed E-state index contributed by atoms with van der Waals surface area (Å²) in [4.78, 5) is 32.5. The Kier molecular flexibility index (Phi) is 5.83. The van der Waals surface area contributed by atoms with E-state index in [0.29, 0.717) is 6.29 Å². The number of hydrogen-bond acceptors (Lipinski definition) is 5. The summed E-state index contributed by atoms with van der Waals surface area (Å²) >= 11 is 0. The van der Waals surface area contributed by atoms with Gasteiger partial charge in [-0.1, -0.05) is 13.8 Å². The molecule has 1 aromatic rings. The number of hydrogen-bond donors (Lipinski definition) is 1. The lowest BCUT2D eigenvalue weighted by Gasteiger charge is -2.17. The zero-order chi connectivity index (χ0) is 16.0. The molecule has 0 aliphatic heterocycles. The minimum Gasteiger partial charge on any atom is -0.477 e. The maximum atomic E-state index is 11.7. The molecule has 0 heterocycles. The van der Waals surface area contributed by atoms with E-state index in [2.05, 4.69) is 5.32 Å². The van der Waals surface area contributed by atoms with E-state index in [1.807, 2.05) is 20.8 Å². The normalized spacial score (nSPS) is 11.8. The number of amides is 1. The first kappa shape index (κ1) is 16.6. The fourth-order valence-corrected chi connectivity index (χ4v) is 1.48. The van der Waals surface area contributed by atoms with Crippen LogP contribution in [0.25, 0.3) is 0 Å². The van der Waals surface area contributed by atoms with Crippen molar-refractivity contribution >= 4 is 17.9 Å². The highest BCUT2D eigenvalue weighted by molar-refractivity contribution is 5.79. The molecule has 0 saturated carbocycles. The third-order valence-electron chi connectivity index (χ3n) is 3.06. The van der Waals surface area contributed by atoms with E-state index in [9.17, 15) is 19.7 Å². The number of nitro benzene ring substituents is 1. The van der Waals surface area contributed by atoms with Crippen LogP contribution in [-0.4, -0.2) is 29.8 Å². The molecule has 0 aliphatic rings. The Balaban J connectivity index is 2.73. The molecular formula is C14H18N2O5. The van der Waals surface area contributed by atoms with Crippen molar-refractivity contribution < 1.29 is 19.2 Å². The third kappa shape index (κ3) is 4.87. The standard InChI is InChI=1S/C14H18N2O5/c1-9(2)10(3)15-14(18)8-21-13-5-4-11(7-17)6-12(13)16(19)20/h4-7,9-10H,8H2,1-3H3,(H,15,18). The first-order valence-electron chi connectivity index (χ1n) is 6.51. The van der Waals surface area contributed by atoms with Crippen LogP contribution in [0.5, 0.6) is 5.75 Å². The molecule has 0 fully saturated rings. The van der Waals surface area contributed by atoms with Gasteiger partial charge in [0.2, 0.25) is 0 Å². The van der Waals surface area contributed by atoms with Gasteiger partial charge in [-0.15, -0.1) is 0 Å². The number of rotatable bonds is 7. The van der Waals surface area contributed by atoms with Crippen LogP contribution in [0.2, 0.25) is 0 Å². The Hall–Kier alpha value is -2.44. The summed E-state index contributed by atoms with van der Waals surface area (Å²) in [7, 11) is 0. The molecule has 0 bridgehead atoms. The maximum Gasteiger partial charge on any atom is 0.311 e. The molecule has 1 unspecified atom stereocenters. The van der Waals surface area contributed by atoms with E-state index in [-0.39, 0.29) is 41.5 Å². The molecule has 7 heteroatoms. The second-order valence-electron chi connectivity index (χ2n) is 4.99. The predicted molar refractivity (Wildman–Crippen MR) is 76.4 cm³/mol. The number of benzene rings is 1. The van der Waals surface area contributed by atoms with Gasteiger partial charge < -0.3 is 10.1 Å². The Bertz CT molecular complexity index is 542. The van der Waals surface area contributed by atoms with Crippen LogP contribution in [0.15, 0.2) is 18.2 Å². The number of aldehydes is 1. The number of carbonyl (C=O) groups is 2. The fourth-order valence-electron chi connectivity index (χ4n) is 1.48.